The summed E-state index contributed by atoms with van der Waals surface area (Å²) in [6.45, 7) is 1.33. The van der Waals surface area contributed by atoms with Crippen LogP contribution in [0.25, 0.3) is 11.0 Å². The average Bonchev–Trinajstić information content (AvgIpc) is 3.46. The van der Waals surface area contributed by atoms with E-state index in [0.29, 0.717) is 36.3 Å². The molecule has 0 unspecified atom stereocenters. The Hall–Kier alpha value is -3.47. The largest absolute Gasteiger partial charge is 0.457 e. The van der Waals surface area contributed by atoms with Crippen LogP contribution < -0.4 is 20.7 Å². The second-order valence-corrected chi connectivity index (χ2v) is 9.26. The Kier molecular flexibility index (Phi) is 6.94. The maximum atomic E-state index is 12.7. The van der Waals surface area contributed by atoms with Crippen molar-refractivity contribution in [3.05, 3.63) is 71.0 Å². The van der Waals surface area contributed by atoms with Crippen LogP contribution in [0.15, 0.2) is 65.3 Å². The van der Waals surface area contributed by atoms with E-state index in [-0.39, 0.29) is 18.0 Å². The molecule has 5 rings (SSSR count). The number of aromatic nitrogens is 3. The minimum absolute atomic E-state index is 0.0389. The summed E-state index contributed by atoms with van der Waals surface area (Å²) in [5.74, 6) is 1.56. The minimum Gasteiger partial charge on any atom is -0.457 e. The van der Waals surface area contributed by atoms with E-state index in [0.717, 1.165) is 27.6 Å². The Morgan fingerprint density at radius 2 is 1.97 bits per heavy atom. The number of nitrogens with zero attached hydrogens (tertiary/aromatic N) is 2. The molecule has 180 valence electrons. The van der Waals surface area contributed by atoms with E-state index in [2.05, 4.69) is 46.8 Å². The monoisotopic (exact) mass is 536 g/mol. The van der Waals surface area contributed by atoms with Crippen molar-refractivity contribution >= 4 is 44.5 Å². The zero-order valence-corrected chi connectivity index (χ0v) is 20.6. The Balaban J connectivity index is 1.24. The molecular formula is C25H25BrN6O3. The fourth-order valence-electron chi connectivity index (χ4n) is 4.03. The summed E-state index contributed by atoms with van der Waals surface area (Å²) in [5.41, 5.74) is 2.87. The van der Waals surface area contributed by atoms with Gasteiger partial charge in [0.1, 0.15) is 17.2 Å². The van der Waals surface area contributed by atoms with Gasteiger partial charge in [0.05, 0.1) is 17.6 Å². The van der Waals surface area contributed by atoms with Crippen molar-refractivity contribution in [2.24, 2.45) is 0 Å². The van der Waals surface area contributed by atoms with Gasteiger partial charge in [0, 0.05) is 54.2 Å². The molecule has 1 saturated heterocycles. The SMILES string of the molecule is COC[C@H]1C[C@@H](NC(=O)c2cc(Oc3ccc4nc(Nc5ccc(Br)cc5)[nH]c4c3)ccn2)CN1. The molecule has 2 aromatic carbocycles. The van der Waals surface area contributed by atoms with Crippen LogP contribution in [0, 0.1) is 0 Å². The fourth-order valence-corrected chi connectivity index (χ4v) is 4.30. The lowest BCUT2D eigenvalue weighted by Crippen LogP contribution is -2.36. The number of benzene rings is 2. The number of carbonyl (C=O) groups is 1. The van der Waals surface area contributed by atoms with Gasteiger partial charge >= 0.3 is 0 Å². The van der Waals surface area contributed by atoms with Gasteiger partial charge in [0.25, 0.3) is 5.91 Å². The van der Waals surface area contributed by atoms with Crippen LogP contribution in [0.5, 0.6) is 11.5 Å². The number of rotatable bonds is 8. The first-order valence-electron chi connectivity index (χ1n) is 11.2. The number of fused-ring (bicyclic) bond motifs is 1. The molecule has 4 N–H and O–H groups in total. The Labute approximate surface area is 210 Å². The number of methoxy groups -OCH3 is 1. The molecule has 9 nitrogen and oxygen atoms in total. The average molecular weight is 537 g/mol. The highest BCUT2D eigenvalue weighted by Gasteiger charge is 2.25. The number of hydrogen-bond acceptors (Lipinski definition) is 7. The lowest BCUT2D eigenvalue weighted by atomic mass is 10.2. The number of nitrogens with one attached hydrogen (secondary N) is 4. The predicted molar refractivity (Wildman–Crippen MR) is 137 cm³/mol. The van der Waals surface area contributed by atoms with Crippen LogP contribution >= 0.6 is 15.9 Å². The third-order valence-electron chi connectivity index (χ3n) is 5.69. The molecule has 35 heavy (non-hydrogen) atoms. The summed E-state index contributed by atoms with van der Waals surface area (Å²) in [6.07, 6.45) is 2.39. The van der Waals surface area contributed by atoms with Gasteiger partial charge in [0.2, 0.25) is 5.95 Å². The number of hydrogen-bond donors (Lipinski definition) is 4. The molecule has 0 saturated carbocycles. The summed E-state index contributed by atoms with van der Waals surface area (Å²) in [4.78, 5) is 24.8. The molecular weight excluding hydrogens is 512 g/mol. The van der Waals surface area contributed by atoms with Crippen molar-refractivity contribution in [2.45, 2.75) is 18.5 Å². The third-order valence-corrected chi connectivity index (χ3v) is 6.21. The third kappa shape index (κ3) is 5.79. The summed E-state index contributed by atoms with van der Waals surface area (Å²) in [5, 5.41) is 9.62. The van der Waals surface area contributed by atoms with Gasteiger partial charge < -0.3 is 30.4 Å². The number of ether oxygens (including phenoxy) is 2. The molecule has 0 spiro atoms. The predicted octanol–water partition coefficient (Wildman–Crippen LogP) is 4.36. The number of pyridine rings is 1. The zero-order valence-electron chi connectivity index (χ0n) is 19.0. The molecule has 3 heterocycles. The van der Waals surface area contributed by atoms with E-state index in [1.807, 2.05) is 42.5 Å². The first-order valence-corrected chi connectivity index (χ1v) is 12.0. The van der Waals surface area contributed by atoms with Crippen molar-refractivity contribution < 1.29 is 14.3 Å². The highest BCUT2D eigenvalue weighted by Crippen LogP contribution is 2.27. The van der Waals surface area contributed by atoms with E-state index in [1.165, 1.54) is 0 Å². The maximum absolute atomic E-state index is 12.7. The van der Waals surface area contributed by atoms with E-state index < -0.39 is 0 Å². The first-order chi connectivity index (χ1) is 17.1. The lowest BCUT2D eigenvalue weighted by molar-refractivity contribution is 0.0933. The van der Waals surface area contributed by atoms with Gasteiger partial charge in [-0.1, -0.05) is 15.9 Å². The van der Waals surface area contributed by atoms with Crippen molar-refractivity contribution in [1.29, 1.82) is 0 Å². The highest BCUT2D eigenvalue weighted by atomic mass is 79.9. The van der Waals surface area contributed by atoms with E-state index >= 15 is 0 Å². The molecule has 4 aromatic rings. The molecule has 0 bridgehead atoms. The molecule has 10 heteroatoms. The van der Waals surface area contributed by atoms with Gasteiger partial charge in [-0.3, -0.25) is 9.78 Å². The van der Waals surface area contributed by atoms with Crippen LogP contribution in [-0.2, 0) is 4.74 Å². The summed E-state index contributed by atoms with van der Waals surface area (Å²) < 4.78 is 12.2. The number of H-pyrrole nitrogens is 1. The Morgan fingerprint density at radius 3 is 2.80 bits per heavy atom. The molecule has 0 aliphatic carbocycles. The van der Waals surface area contributed by atoms with Gasteiger partial charge in [-0.05, 0) is 48.9 Å². The van der Waals surface area contributed by atoms with Crippen molar-refractivity contribution in [1.82, 2.24) is 25.6 Å². The Bertz CT molecular complexity index is 1330. The number of halogens is 1. The topological polar surface area (TPSA) is 113 Å². The summed E-state index contributed by atoms with van der Waals surface area (Å²) in [6, 6.07) is 17.1. The molecule has 1 aliphatic rings. The van der Waals surface area contributed by atoms with Gasteiger partial charge in [0.15, 0.2) is 0 Å². The number of anilines is 2. The number of imidazole rings is 1. The van der Waals surface area contributed by atoms with Crippen LogP contribution in [0.4, 0.5) is 11.6 Å². The summed E-state index contributed by atoms with van der Waals surface area (Å²) >= 11 is 3.44. The summed E-state index contributed by atoms with van der Waals surface area (Å²) in [7, 11) is 1.67. The number of aromatic amines is 1. The van der Waals surface area contributed by atoms with Crippen molar-refractivity contribution in [2.75, 3.05) is 25.6 Å². The first kappa shape index (κ1) is 23.3. The maximum Gasteiger partial charge on any atom is 0.270 e. The molecule has 2 aromatic heterocycles. The molecule has 2 atom stereocenters. The molecule has 0 radical (unpaired) electrons. The molecule has 1 aliphatic heterocycles. The molecule has 1 amide bonds. The molecule has 1 fully saturated rings. The quantitative estimate of drug-likeness (QED) is 0.264. The number of amides is 1. The standard InChI is InChI=1S/C25H25BrN6O3/c1-34-14-18-10-17(13-28-18)29-24(33)23-12-20(8-9-27-23)35-19-6-7-21-22(11-19)32-25(31-21)30-16-4-2-15(26)3-5-16/h2-9,11-12,17-18,28H,10,13-14H2,1H3,(H,29,33)(H2,30,31,32)/t17-,18-/m1/s1. The van der Waals surface area contributed by atoms with Gasteiger partial charge in [-0.15, -0.1) is 0 Å². The van der Waals surface area contributed by atoms with Crippen LogP contribution in [0.2, 0.25) is 0 Å². The zero-order chi connectivity index (χ0) is 24.2. The van der Waals surface area contributed by atoms with Crippen LogP contribution in [0.1, 0.15) is 16.9 Å². The second kappa shape index (κ2) is 10.4. The number of carbonyl (C=O) groups excluding carboxylic acids is 1. The second-order valence-electron chi connectivity index (χ2n) is 8.34. The minimum atomic E-state index is -0.229. The van der Waals surface area contributed by atoms with Gasteiger partial charge in [-0.2, -0.15) is 0 Å². The fraction of sp³-hybridized carbons (Fsp3) is 0.240. The van der Waals surface area contributed by atoms with Gasteiger partial charge in [-0.25, -0.2) is 4.98 Å². The Morgan fingerprint density at radius 1 is 1.14 bits per heavy atom. The van der Waals surface area contributed by atoms with E-state index in [1.54, 1.807) is 25.4 Å². The van der Waals surface area contributed by atoms with E-state index in [9.17, 15) is 4.79 Å². The smallest absolute Gasteiger partial charge is 0.270 e. The van der Waals surface area contributed by atoms with Crippen LogP contribution in [0.3, 0.4) is 0 Å². The van der Waals surface area contributed by atoms with Crippen molar-refractivity contribution in [3.63, 3.8) is 0 Å². The highest BCUT2D eigenvalue weighted by molar-refractivity contribution is 9.10. The van der Waals surface area contributed by atoms with Crippen molar-refractivity contribution in [3.8, 4) is 11.5 Å². The normalized spacial score (nSPS) is 17.4. The lowest BCUT2D eigenvalue weighted by Gasteiger charge is -2.12. The van der Waals surface area contributed by atoms with Crippen LogP contribution in [-0.4, -0.2) is 53.2 Å². The van der Waals surface area contributed by atoms with E-state index in [4.69, 9.17) is 9.47 Å².